The molecule has 0 spiro atoms. The van der Waals surface area contributed by atoms with Gasteiger partial charge in [0.1, 0.15) is 11.6 Å². The van der Waals surface area contributed by atoms with Gasteiger partial charge in [-0.1, -0.05) is 0 Å². The molecule has 0 bridgehead atoms. The van der Waals surface area contributed by atoms with Gasteiger partial charge in [0.05, 0.1) is 30.7 Å². The van der Waals surface area contributed by atoms with Crippen LogP contribution in [0.15, 0.2) is 35.1 Å². The van der Waals surface area contributed by atoms with E-state index >= 15 is 0 Å². The summed E-state index contributed by atoms with van der Waals surface area (Å²) in [5, 5.41) is 3.02. The molecule has 0 fully saturated rings. The Morgan fingerprint density at radius 2 is 2.37 bits per heavy atom. The van der Waals surface area contributed by atoms with E-state index in [9.17, 15) is 4.79 Å². The number of nitrogens with zero attached hydrogens (tertiary/aromatic N) is 1. The Balaban J connectivity index is 2.13. The molecule has 0 saturated heterocycles. The molecule has 0 radical (unpaired) electrons. The molecule has 0 aliphatic rings. The first kappa shape index (κ1) is 12.9. The van der Waals surface area contributed by atoms with E-state index in [1.54, 1.807) is 19.3 Å². The summed E-state index contributed by atoms with van der Waals surface area (Å²) in [5.41, 5.74) is 6.47. The highest BCUT2D eigenvalue weighted by atomic mass is 16.5. The van der Waals surface area contributed by atoms with Crippen LogP contribution in [0.1, 0.15) is 23.0 Å². The van der Waals surface area contributed by atoms with Gasteiger partial charge in [0.2, 0.25) is 0 Å². The minimum atomic E-state index is -0.455. The number of esters is 1. The number of nitrogen functional groups attached to an aromatic ring is 1. The molecule has 0 atom stereocenters. The number of aromatic nitrogens is 1. The minimum Gasteiger partial charge on any atom is -0.467 e. The summed E-state index contributed by atoms with van der Waals surface area (Å²) in [6.45, 7) is 2.48. The Hall–Kier alpha value is -2.50. The summed E-state index contributed by atoms with van der Waals surface area (Å²) in [4.78, 5) is 15.8. The zero-order valence-corrected chi connectivity index (χ0v) is 10.6. The minimum absolute atomic E-state index is 0.271. The fourth-order valence-electron chi connectivity index (χ4n) is 1.58. The summed E-state index contributed by atoms with van der Waals surface area (Å²) in [5.74, 6) is 0.730. The van der Waals surface area contributed by atoms with E-state index in [1.807, 2.05) is 6.07 Å². The molecule has 0 amide bonds. The Morgan fingerprint density at radius 3 is 3.05 bits per heavy atom. The Bertz CT molecular complexity index is 552. The van der Waals surface area contributed by atoms with Gasteiger partial charge < -0.3 is 20.2 Å². The first-order valence-corrected chi connectivity index (χ1v) is 5.90. The number of pyridine rings is 1. The van der Waals surface area contributed by atoms with Crippen molar-refractivity contribution >= 4 is 17.5 Å². The zero-order valence-electron chi connectivity index (χ0n) is 10.6. The van der Waals surface area contributed by atoms with Gasteiger partial charge in [0, 0.05) is 6.20 Å². The number of hydrogen-bond acceptors (Lipinski definition) is 6. The molecular weight excluding hydrogens is 246 g/mol. The van der Waals surface area contributed by atoms with Crippen molar-refractivity contribution in [2.24, 2.45) is 0 Å². The third kappa shape index (κ3) is 3.04. The van der Waals surface area contributed by atoms with Gasteiger partial charge in [0.25, 0.3) is 0 Å². The van der Waals surface area contributed by atoms with Crippen molar-refractivity contribution in [1.82, 2.24) is 4.98 Å². The lowest BCUT2D eigenvalue weighted by Gasteiger charge is -2.10. The molecule has 0 aromatic carbocycles. The molecule has 2 aromatic heterocycles. The van der Waals surface area contributed by atoms with Crippen LogP contribution in [0.5, 0.6) is 0 Å². The quantitative estimate of drug-likeness (QED) is 0.800. The fourth-order valence-corrected chi connectivity index (χ4v) is 1.58. The van der Waals surface area contributed by atoms with Crippen LogP contribution in [-0.2, 0) is 11.3 Å². The summed E-state index contributed by atoms with van der Waals surface area (Å²) < 4.78 is 10.1. The first-order chi connectivity index (χ1) is 9.22. The Labute approximate surface area is 110 Å². The zero-order chi connectivity index (χ0) is 13.7. The molecule has 2 rings (SSSR count). The second-order valence-electron chi connectivity index (χ2n) is 3.77. The van der Waals surface area contributed by atoms with Gasteiger partial charge in [-0.05, 0) is 25.1 Å². The summed E-state index contributed by atoms with van der Waals surface area (Å²) in [6, 6.07) is 5.16. The van der Waals surface area contributed by atoms with E-state index in [0.717, 1.165) is 5.76 Å². The molecule has 0 aliphatic carbocycles. The van der Waals surface area contributed by atoms with Crippen molar-refractivity contribution in [1.29, 1.82) is 0 Å². The molecule has 3 N–H and O–H groups in total. The number of carbonyl (C=O) groups is 1. The van der Waals surface area contributed by atoms with Crippen molar-refractivity contribution in [3.63, 3.8) is 0 Å². The number of carbonyl (C=O) groups excluding carboxylic acids is 1. The van der Waals surface area contributed by atoms with Gasteiger partial charge in [-0.2, -0.15) is 0 Å². The lowest BCUT2D eigenvalue weighted by molar-refractivity contribution is 0.0527. The second-order valence-corrected chi connectivity index (χ2v) is 3.77. The van der Waals surface area contributed by atoms with Crippen LogP contribution >= 0.6 is 0 Å². The molecule has 6 heteroatoms. The predicted octanol–water partition coefficient (Wildman–Crippen LogP) is 2.05. The van der Waals surface area contributed by atoms with Crippen molar-refractivity contribution < 1.29 is 13.9 Å². The van der Waals surface area contributed by atoms with Crippen LogP contribution in [0.3, 0.4) is 0 Å². The van der Waals surface area contributed by atoms with Gasteiger partial charge in [-0.15, -0.1) is 0 Å². The van der Waals surface area contributed by atoms with Crippen LogP contribution in [0.25, 0.3) is 0 Å². The average Bonchev–Trinajstić information content (AvgIpc) is 2.91. The standard InChI is InChI=1S/C13H15N3O3/c1-2-18-13(17)10-5-6-15-12(11(10)14)16-8-9-4-3-7-19-9/h3-7H,2,8,14H2,1H3,(H,15,16). The van der Waals surface area contributed by atoms with Crippen LogP contribution in [0, 0.1) is 0 Å². The maximum atomic E-state index is 11.7. The van der Waals surface area contributed by atoms with Crippen LogP contribution in [0.2, 0.25) is 0 Å². The number of anilines is 2. The SMILES string of the molecule is CCOC(=O)c1ccnc(NCc2ccco2)c1N. The van der Waals surface area contributed by atoms with Crippen LogP contribution < -0.4 is 11.1 Å². The summed E-state index contributed by atoms with van der Waals surface area (Å²) >= 11 is 0. The monoisotopic (exact) mass is 261 g/mol. The molecule has 0 unspecified atom stereocenters. The Morgan fingerprint density at radius 1 is 1.53 bits per heavy atom. The Kier molecular flexibility index (Phi) is 4.02. The molecular formula is C13H15N3O3. The van der Waals surface area contributed by atoms with E-state index in [0.29, 0.717) is 24.5 Å². The topological polar surface area (TPSA) is 90.4 Å². The predicted molar refractivity (Wildman–Crippen MR) is 70.6 cm³/mol. The smallest absolute Gasteiger partial charge is 0.340 e. The van der Waals surface area contributed by atoms with E-state index < -0.39 is 5.97 Å². The third-order valence-electron chi connectivity index (χ3n) is 2.50. The highest BCUT2D eigenvalue weighted by Gasteiger charge is 2.14. The number of hydrogen-bond donors (Lipinski definition) is 2. The molecule has 100 valence electrons. The number of furan rings is 1. The number of ether oxygens (including phenoxy) is 1. The van der Waals surface area contributed by atoms with E-state index in [1.165, 1.54) is 12.3 Å². The third-order valence-corrected chi connectivity index (χ3v) is 2.50. The normalized spacial score (nSPS) is 10.2. The average molecular weight is 261 g/mol. The van der Waals surface area contributed by atoms with E-state index in [2.05, 4.69) is 10.3 Å². The number of rotatable bonds is 5. The molecule has 2 aromatic rings. The number of nitrogens with two attached hydrogens (primary N) is 1. The molecule has 0 aliphatic heterocycles. The second kappa shape index (κ2) is 5.90. The lowest BCUT2D eigenvalue weighted by atomic mass is 10.2. The van der Waals surface area contributed by atoms with Crippen molar-refractivity contribution in [3.05, 3.63) is 42.0 Å². The highest BCUT2D eigenvalue weighted by molar-refractivity contribution is 5.97. The molecule has 19 heavy (non-hydrogen) atoms. The van der Waals surface area contributed by atoms with Crippen molar-refractivity contribution in [2.45, 2.75) is 13.5 Å². The fraction of sp³-hybridized carbons (Fsp3) is 0.231. The lowest BCUT2D eigenvalue weighted by Crippen LogP contribution is -2.11. The van der Waals surface area contributed by atoms with Crippen molar-refractivity contribution in [3.8, 4) is 0 Å². The van der Waals surface area contributed by atoms with Gasteiger partial charge in [0.15, 0.2) is 0 Å². The van der Waals surface area contributed by atoms with Gasteiger partial charge in [-0.3, -0.25) is 0 Å². The molecule has 2 heterocycles. The van der Waals surface area contributed by atoms with E-state index in [4.69, 9.17) is 14.9 Å². The van der Waals surface area contributed by atoms with Crippen LogP contribution in [0.4, 0.5) is 11.5 Å². The van der Waals surface area contributed by atoms with Gasteiger partial charge >= 0.3 is 5.97 Å². The van der Waals surface area contributed by atoms with Gasteiger partial charge in [-0.25, -0.2) is 9.78 Å². The van der Waals surface area contributed by atoms with E-state index in [-0.39, 0.29) is 5.69 Å². The highest BCUT2D eigenvalue weighted by Crippen LogP contribution is 2.21. The largest absolute Gasteiger partial charge is 0.467 e. The first-order valence-electron chi connectivity index (χ1n) is 5.90. The summed E-state index contributed by atoms with van der Waals surface area (Å²) in [7, 11) is 0. The molecule has 0 saturated carbocycles. The maximum absolute atomic E-state index is 11.7. The molecule has 6 nitrogen and oxygen atoms in total. The maximum Gasteiger partial charge on any atom is 0.340 e. The number of nitrogens with one attached hydrogen (secondary N) is 1. The summed E-state index contributed by atoms with van der Waals surface area (Å²) in [6.07, 6.45) is 3.09. The van der Waals surface area contributed by atoms with Crippen molar-refractivity contribution in [2.75, 3.05) is 17.7 Å². The van der Waals surface area contributed by atoms with Crippen LogP contribution in [-0.4, -0.2) is 17.6 Å².